The maximum Gasteiger partial charge on any atom is 0.257 e. The largest absolute Gasteiger partial charge is 0.398 e. The summed E-state index contributed by atoms with van der Waals surface area (Å²) in [6.07, 6.45) is -0.0936. The van der Waals surface area contributed by atoms with Gasteiger partial charge in [-0.15, -0.1) is 0 Å². The van der Waals surface area contributed by atoms with Crippen molar-refractivity contribution >= 4 is 5.69 Å². The predicted octanol–water partition coefficient (Wildman–Crippen LogP) is 3.40. The van der Waals surface area contributed by atoms with Gasteiger partial charge in [0.05, 0.1) is 11.6 Å². The van der Waals surface area contributed by atoms with E-state index in [2.05, 4.69) is 10.2 Å². The van der Waals surface area contributed by atoms with E-state index in [1.165, 1.54) is 0 Å². The third kappa shape index (κ3) is 1.99. The summed E-state index contributed by atoms with van der Waals surface area (Å²) in [5, 5.41) is 6.84. The van der Waals surface area contributed by atoms with E-state index in [0.29, 0.717) is 17.1 Å². The Hall–Kier alpha value is -1.91. The number of nitrogens with zero attached hydrogens (tertiary/aromatic N) is 1. The van der Waals surface area contributed by atoms with E-state index >= 15 is 0 Å². The monoisotopic (exact) mass is 263 g/mol. The Morgan fingerprint density at radius 1 is 1.26 bits per heavy atom. The Labute approximate surface area is 109 Å². The van der Waals surface area contributed by atoms with Crippen LogP contribution in [0.3, 0.4) is 0 Å². The minimum Gasteiger partial charge on any atom is -0.398 e. The van der Waals surface area contributed by atoms with Crippen molar-refractivity contribution in [2.45, 2.75) is 32.1 Å². The summed E-state index contributed by atoms with van der Waals surface area (Å²) in [5.74, 6) is -3.29. The fraction of sp³-hybridized carbons (Fsp3) is 0.357. The molecule has 1 aromatic carbocycles. The van der Waals surface area contributed by atoms with Crippen molar-refractivity contribution in [1.29, 1.82) is 0 Å². The van der Waals surface area contributed by atoms with Gasteiger partial charge in [-0.05, 0) is 37.1 Å². The molecule has 0 radical (unpaired) electrons. The van der Waals surface area contributed by atoms with Crippen LogP contribution in [0.1, 0.15) is 29.2 Å². The molecule has 3 nitrogen and oxygen atoms in total. The normalized spacial score (nSPS) is 20.5. The molecule has 3 N–H and O–H groups in total. The quantitative estimate of drug-likeness (QED) is 0.816. The number of hydrogen-bond donors (Lipinski definition) is 2. The summed E-state index contributed by atoms with van der Waals surface area (Å²) in [5.41, 5.74) is 10.7. The molecule has 0 bridgehead atoms. The summed E-state index contributed by atoms with van der Waals surface area (Å²) >= 11 is 0. The van der Waals surface area contributed by atoms with Crippen molar-refractivity contribution in [1.82, 2.24) is 10.2 Å². The third-order valence-corrected chi connectivity index (χ3v) is 3.69. The molecule has 1 saturated carbocycles. The second-order valence-electron chi connectivity index (χ2n) is 5.25. The first-order valence-electron chi connectivity index (χ1n) is 6.19. The topological polar surface area (TPSA) is 54.7 Å². The first-order chi connectivity index (χ1) is 8.88. The highest BCUT2D eigenvalue weighted by Gasteiger charge is 2.58. The summed E-state index contributed by atoms with van der Waals surface area (Å²) in [7, 11) is 0. The van der Waals surface area contributed by atoms with Gasteiger partial charge in [-0.3, -0.25) is 5.10 Å². The summed E-state index contributed by atoms with van der Waals surface area (Å²) in [6, 6.07) is 5.52. The van der Waals surface area contributed by atoms with Crippen molar-refractivity contribution in [2.24, 2.45) is 0 Å². The Morgan fingerprint density at radius 3 is 2.58 bits per heavy atom. The van der Waals surface area contributed by atoms with Gasteiger partial charge in [0.1, 0.15) is 0 Å². The lowest BCUT2D eigenvalue weighted by Crippen LogP contribution is -1.93. The van der Waals surface area contributed by atoms with Gasteiger partial charge in [0.15, 0.2) is 0 Å². The number of hydrogen-bond acceptors (Lipinski definition) is 2. The molecular formula is C14H15F2N3. The molecule has 100 valence electrons. The Balaban J connectivity index is 1.97. The van der Waals surface area contributed by atoms with Gasteiger partial charge in [-0.2, -0.15) is 5.10 Å². The number of aromatic amines is 1. The molecule has 5 heteroatoms. The smallest absolute Gasteiger partial charge is 0.257 e. The first kappa shape index (κ1) is 12.1. The summed E-state index contributed by atoms with van der Waals surface area (Å²) < 4.78 is 26.0. The van der Waals surface area contributed by atoms with Crippen LogP contribution >= 0.6 is 0 Å². The first-order valence-corrected chi connectivity index (χ1v) is 6.19. The number of aryl methyl sites for hydroxylation is 2. The minimum atomic E-state index is -2.58. The lowest BCUT2D eigenvalue weighted by atomic mass is 10.0. The average Bonchev–Trinajstić information content (AvgIpc) is 2.76. The fourth-order valence-electron chi connectivity index (χ4n) is 2.35. The van der Waals surface area contributed by atoms with Crippen molar-refractivity contribution in [3.63, 3.8) is 0 Å². The van der Waals surface area contributed by atoms with E-state index in [1.54, 1.807) is 6.07 Å². The molecule has 1 fully saturated rings. The number of alkyl halides is 2. The number of halogens is 2. The van der Waals surface area contributed by atoms with Crippen molar-refractivity contribution in [3.8, 4) is 11.3 Å². The second-order valence-corrected chi connectivity index (χ2v) is 5.25. The van der Waals surface area contributed by atoms with E-state index < -0.39 is 11.8 Å². The van der Waals surface area contributed by atoms with Crippen LogP contribution in [0.15, 0.2) is 18.2 Å². The van der Waals surface area contributed by atoms with E-state index in [4.69, 9.17) is 5.73 Å². The third-order valence-electron chi connectivity index (χ3n) is 3.69. The number of rotatable bonds is 2. The van der Waals surface area contributed by atoms with Gasteiger partial charge >= 0.3 is 0 Å². The van der Waals surface area contributed by atoms with Crippen LogP contribution in [0, 0.1) is 13.8 Å². The lowest BCUT2D eigenvalue weighted by molar-refractivity contribution is 0.111. The molecular weight excluding hydrogens is 248 g/mol. The molecule has 0 saturated heterocycles. The highest BCUT2D eigenvalue weighted by Crippen LogP contribution is 2.55. The molecule has 1 aliphatic rings. The molecule has 19 heavy (non-hydrogen) atoms. The maximum absolute atomic E-state index is 13.0. The number of anilines is 1. The number of benzene rings is 1. The molecule has 3 rings (SSSR count). The standard InChI is InChI=1S/C14H15F2N3/c1-7-3-8(2)11(17)4-9(7)12-5-13(19-18-12)10-6-14(10,15)16/h3-5,10H,6,17H2,1-2H3,(H,18,19). The van der Waals surface area contributed by atoms with Gasteiger partial charge in [-0.25, -0.2) is 8.78 Å². The van der Waals surface area contributed by atoms with E-state index in [9.17, 15) is 8.78 Å². The molecule has 0 spiro atoms. The van der Waals surface area contributed by atoms with Crippen LogP contribution in [0.5, 0.6) is 0 Å². The van der Waals surface area contributed by atoms with Gasteiger partial charge in [-0.1, -0.05) is 6.07 Å². The Kier molecular flexibility index (Phi) is 2.42. The minimum absolute atomic E-state index is 0.0936. The molecule has 1 aromatic heterocycles. The average molecular weight is 263 g/mol. The van der Waals surface area contributed by atoms with E-state index in [0.717, 1.165) is 16.7 Å². The van der Waals surface area contributed by atoms with Crippen LogP contribution in [-0.4, -0.2) is 16.1 Å². The van der Waals surface area contributed by atoms with Gasteiger partial charge < -0.3 is 5.73 Å². The van der Waals surface area contributed by atoms with E-state index in [-0.39, 0.29) is 6.42 Å². The maximum atomic E-state index is 13.0. The predicted molar refractivity (Wildman–Crippen MR) is 70.2 cm³/mol. The fourth-order valence-corrected chi connectivity index (χ4v) is 2.35. The molecule has 1 aliphatic carbocycles. The summed E-state index contributed by atoms with van der Waals surface area (Å²) in [4.78, 5) is 0. The SMILES string of the molecule is Cc1cc(C)c(-c2cc(C3CC3(F)F)[nH]n2)cc1N. The van der Waals surface area contributed by atoms with E-state index in [1.807, 2.05) is 26.0 Å². The number of aromatic nitrogens is 2. The number of nitrogen functional groups attached to an aromatic ring is 1. The lowest BCUT2D eigenvalue weighted by Gasteiger charge is -2.07. The molecule has 1 unspecified atom stereocenters. The molecule has 0 amide bonds. The number of nitrogens with one attached hydrogen (secondary N) is 1. The highest BCUT2D eigenvalue weighted by atomic mass is 19.3. The van der Waals surface area contributed by atoms with Crippen molar-refractivity contribution < 1.29 is 8.78 Å². The zero-order chi connectivity index (χ0) is 13.8. The van der Waals surface area contributed by atoms with Crippen LogP contribution < -0.4 is 5.73 Å². The van der Waals surface area contributed by atoms with Gasteiger partial charge in [0.25, 0.3) is 5.92 Å². The highest BCUT2D eigenvalue weighted by molar-refractivity contribution is 5.70. The Bertz CT molecular complexity index is 646. The van der Waals surface area contributed by atoms with Crippen LogP contribution in [0.25, 0.3) is 11.3 Å². The van der Waals surface area contributed by atoms with Gasteiger partial charge in [0, 0.05) is 23.4 Å². The number of nitrogens with two attached hydrogens (primary N) is 1. The van der Waals surface area contributed by atoms with Crippen molar-refractivity contribution in [3.05, 3.63) is 35.0 Å². The molecule has 1 heterocycles. The van der Waals surface area contributed by atoms with Gasteiger partial charge in [0.2, 0.25) is 0 Å². The zero-order valence-electron chi connectivity index (χ0n) is 10.8. The van der Waals surface area contributed by atoms with Crippen LogP contribution in [0.2, 0.25) is 0 Å². The van der Waals surface area contributed by atoms with Crippen molar-refractivity contribution in [2.75, 3.05) is 5.73 Å². The molecule has 2 aromatic rings. The summed E-state index contributed by atoms with van der Waals surface area (Å²) in [6.45, 7) is 3.90. The Morgan fingerprint density at radius 2 is 1.95 bits per heavy atom. The molecule has 0 aliphatic heterocycles. The number of H-pyrrole nitrogens is 1. The van der Waals surface area contributed by atoms with Crippen LogP contribution in [-0.2, 0) is 0 Å². The van der Waals surface area contributed by atoms with Crippen LogP contribution in [0.4, 0.5) is 14.5 Å². The second kappa shape index (κ2) is 3.79. The zero-order valence-corrected chi connectivity index (χ0v) is 10.8. The molecule has 1 atom stereocenters.